The van der Waals surface area contributed by atoms with Crippen molar-refractivity contribution in [1.82, 2.24) is 0 Å². The first-order chi connectivity index (χ1) is 10.6. The van der Waals surface area contributed by atoms with Gasteiger partial charge >= 0.3 is 5.97 Å². The molecule has 0 fully saturated rings. The Morgan fingerprint density at radius 3 is 2.18 bits per heavy atom. The number of anilines is 1. The third kappa shape index (κ3) is 4.41. The lowest BCUT2D eigenvalue weighted by Crippen LogP contribution is -2.11. The molecule has 116 valence electrons. The monoisotopic (exact) mass is 301 g/mol. The third-order valence-electron chi connectivity index (χ3n) is 3.04. The summed E-state index contributed by atoms with van der Waals surface area (Å²) in [6, 6.07) is 14.2. The van der Waals surface area contributed by atoms with Gasteiger partial charge in [0, 0.05) is 25.8 Å². The van der Waals surface area contributed by atoms with Gasteiger partial charge in [0.25, 0.3) is 0 Å². The van der Waals surface area contributed by atoms with Crippen molar-refractivity contribution in [2.24, 2.45) is 0 Å². The molecular weight excluding hydrogens is 282 g/mol. The first-order valence-electron chi connectivity index (χ1n) is 6.92. The number of carboxylic acid groups (broad SMARTS) is 1. The van der Waals surface area contributed by atoms with Crippen LogP contribution >= 0.6 is 0 Å². The summed E-state index contributed by atoms with van der Waals surface area (Å²) in [5, 5.41) is 8.92. The summed E-state index contributed by atoms with van der Waals surface area (Å²) >= 11 is 0. The van der Waals surface area contributed by atoms with E-state index in [2.05, 4.69) is 0 Å². The average Bonchev–Trinajstić information content (AvgIpc) is 2.52. The highest BCUT2D eigenvalue weighted by Crippen LogP contribution is 2.19. The van der Waals surface area contributed by atoms with Crippen LogP contribution in [-0.4, -0.2) is 38.4 Å². The van der Waals surface area contributed by atoms with E-state index in [0.717, 1.165) is 11.4 Å². The lowest BCUT2D eigenvalue weighted by Gasteiger charge is -2.14. The SMILES string of the molecule is CN(C)c1cccc(OCCOc2cccc(C(=O)O)c2)c1. The minimum atomic E-state index is -0.970. The number of hydrogen-bond acceptors (Lipinski definition) is 4. The highest BCUT2D eigenvalue weighted by Gasteiger charge is 2.04. The first kappa shape index (κ1) is 15.7. The molecule has 2 aromatic rings. The molecule has 0 amide bonds. The Morgan fingerprint density at radius 2 is 1.59 bits per heavy atom. The Labute approximate surface area is 129 Å². The van der Waals surface area contributed by atoms with E-state index in [1.165, 1.54) is 12.1 Å². The molecule has 0 saturated carbocycles. The van der Waals surface area contributed by atoms with Crippen molar-refractivity contribution in [2.45, 2.75) is 0 Å². The van der Waals surface area contributed by atoms with Crippen molar-refractivity contribution < 1.29 is 19.4 Å². The number of aromatic carboxylic acids is 1. The smallest absolute Gasteiger partial charge is 0.335 e. The van der Waals surface area contributed by atoms with Gasteiger partial charge in [-0.15, -0.1) is 0 Å². The number of hydrogen-bond donors (Lipinski definition) is 1. The third-order valence-corrected chi connectivity index (χ3v) is 3.04. The van der Waals surface area contributed by atoms with Gasteiger partial charge in [0.15, 0.2) is 0 Å². The molecule has 0 spiro atoms. The van der Waals surface area contributed by atoms with Crippen molar-refractivity contribution in [3.8, 4) is 11.5 Å². The lowest BCUT2D eigenvalue weighted by atomic mass is 10.2. The number of carbonyl (C=O) groups is 1. The van der Waals surface area contributed by atoms with Gasteiger partial charge in [-0.2, -0.15) is 0 Å². The quantitative estimate of drug-likeness (QED) is 0.797. The molecular formula is C17H19NO4. The molecule has 0 saturated heterocycles. The second-order valence-electron chi connectivity index (χ2n) is 4.92. The molecule has 2 rings (SSSR count). The van der Waals surface area contributed by atoms with E-state index in [-0.39, 0.29) is 5.56 Å². The molecule has 0 aliphatic carbocycles. The highest BCUT2D eigenvalue weighted by molar-refractivity contribution is 5.87. The fourth-order valence-electron chi connectivity index (χ4n) is 1.89. The first-order valence-corrected chi connectivity index (χ1v) is 6.92. The number of carboxylic acids is 1. The highest BCUT2D eigenvalue weighted by atomic mass is 16.5. The van der Waals surface area contributed by atoms with E-state index < -0.39 is 5.97 Å². The van der Waals surface area contributed by atoms with Crippen molar-refractivity contribution in [2.75, 3.05) is 32.2 Å². The second-order valence-corrected chi connectivity index (χ2v) is 4.92. The minimum absolute atomic E-state index is 0.206. The van der Waals surface area contributed by atoms with Crippen molar-refractivity contribution in [3.63, 3.8) is 0 Å². The van der Waals surface area contributed by atoms with E-state index in [0.29, 0.717) is 19.0 Å². The molecule has 0 aliphatic rings. The van der Waals surface area contributed by atoms with Crippen LogP contribution < -0.4 is 14.4 Å². The molecule has 0 heterocycles. The van der Waals surface area contributed by atoms with Crippen LogP contribution in [0.1, 0.15) is 10.4 Å². The summed E-state index contributed by atoms with van der Waals surface area (Å²) in [7, 11) is 3.94. The van der Waals surface area contributed by atoms with Gasteiger partial charge in [-0.25, -0.2) is 4.79 Å². The zero-order valence-electron chi connectivity index (χ0n) is 12.7. The van der Waals surface area contributed by atoms with Crippen LogP contribution in [0.3, 0.4) is 0 Å². The molecule has 0 aromatic heterocycles. The molecule has 22 heavy (non-hydrogen) atoms. The largest absolute Gasteiger partial charge is 0.490 e. The topological polar surface area (TPSA) is 59.0 Å². The fraction of sp³-hybridized carbons (Fsp3) is 0.235. The van der Waals surface area contributed by atoms with E-state index in [4.69, 9.17) is 14.6 Å². The summed E-state index contributed by atoms with van der Waals surface area (Å²) in [6.07, 6.45) is 0. The van der Waals surface area contributed by atoms with Gasteiger partial charge in [0.1, 0.15) is 24.7 Å². The summed E-state index contributed by atoms with van der Waals surface area (Å²) in [5.41, 5.74) is 1.27. The molecule has 5 heteroatoms. The van der Waals surface area contributed by atoms with Crippen LogP contribution in [0.4, 0.5) is 5.69 Å². The predicted molar refractivity (Wildman–Crippen MR) is 85.2 cm³/mol. The zero-order chi connectivity index (χ0) is 15.9. The molecule has 2 aromatic carbocycles. The summed E-state index contributed by atoms with van der Waals surface area (Å²) in [6.45, 7) is 0.726. The number of nitrogens with zero attached hydrogens (tertiary/aromatic N) is 1. The molecule has 0 bridgehead atoms. The Bertz CT molecular complexity index is 640. The standard InChI is InChI=1S/C17H19NO4/c1-18(2)14-6-4-8-16(12-14)22-10-9-21-15-7-3-5-13(11-15)17(19)20/h3-8,11-12H,9-10H2,1-2H3,(H,19,20). The fourth-order valence-corrected chi connectivity index (χ4v) is 1.89. The predicted octanol–water partition coefficient (Wildman–Crippen LogP) is 2.91. The zero-order valence-corrected chi connectivity index (χ0v) is 12.7. The van der Waals surface area contributed by atoms with Crippen LogP contribution in [0.2, 0.25) is 0 Å². The Balaban J connectivity index is 1.83. The summed E-state index contributed by atoms with van der Waals surface area (Å²) < 4.78 is 11.1. The van der Waals surface area contributed by atoms with Crippen molar-refractivity contribution in [3.05, 3.63) is 54.1 Å². The van der Waals surface area contributed by atoms with E-state index in [9.17, 15) is 4.79 Å². The van der Waals surface area contributed by atoms with Gasteiger partial charge in [0.2, 0.25) is 0 Å². The van der Waals surface area contributed by atoms with Gasteiger partial charge in [0.05, 0.1) is 5.56 Å². The number of rotatable bonds is 7. The molecule has 1 N–H and O–H groups in total. The number of benzene rings is 2. The lowest BCUT2D eigenvalue weighted by molar-refractivity contribution is 0.0696. The van der Waals surface area contributed by atoms with E-state index >= 15 is 0 Å². The van der Waals surface area contributed by atoms with Crippen molar-refractivity contribution in [1.29, 1.82) is 0 Å². The van der Waals surface area contributed by atoms with Gasteiger partial charge in [-0.3, -0.25) is 0 Å². The number of ether oxygens (including phenoxy) is 2. The van der Waals surface area contributed by atoms with E-state index in [1.54, 1.807) is 12.1 Å². The van der Waals surface area contributed by atoms with Crippen LogP contribution in [0.25, 0.3) is 0 Å². The van der Waals surface area contributed by atoms with Crippen molar-refractivity contribution >= 4 is 11.7 Å². The van der Waals surface area contributed by atoms with E-state index in [1.807, 2.05) is 43.3 Å². The van der Waals surface area contributed by atoms with Gasteiger partial charge < -0.3 is 19.5 Å². The summed E-state index contributed by atoms with van der Waals surface area (Å²) in [5.74, 6) is 0.321. The summed E-state index contributed by atoms with van der Waals surface area (Å²) in [4.78, 5) is 12.9. The van der Waals surface area contributed by atoms with Crippen LogP contribution in [-0.2, 0) is 0 Å². The maximum absolute atomic E-state index is 10.9. The Morgan fingerprint density at radius 1 is 1.00 bits per heavy atom. The second kappa shape index (κ2) is 7.36. The molecule has 0 unspecified atom stereocenters. The maximum atomic E-state index is 10.9. The average molecular weight is 301 g/mol. The molecule has 0 atom stereocenters. The normalized spacial score (nSPS) is 10.1. The maximum Gasteiger partial charge on any atom is 0.335 e. The molecule has 0 aliphatic heterocycles. The minimum Gasteiger partial charge on any atom is -0.490 e. The molecule has 0 radical (unpaired) electrons. The van der Waals surface area contributed by atoms with Crippen LogP contribution in [0, 0.1) is 0 Å². The van der Waals surface area contributed by atoms with Crippen LogP contribution in [0.5, 0.6) is 11.5 Å². The molecule has 5 nitrogen and oxygen atoms in total. The van der Waals surface area contributed by atoms with Gasteiger partial charge in [-0.05, 0) is 30.3 Å². The van der Waals surface area contributed by atoms with Crippen LogP contribution in [0.15, 0.2) is 48.5 Å². The Hall–Kier alpha value is -2.69. The van der Waals surface area contributed by atoms with Gasteiger partial charge in [-0.1, -0.05) is 12.1 Å². The Kier molecular flexibility index (Phi) is 5.25.